The van der Waals surface area contributed by atoms with Gasteiger partial charge in [0.05, 0.1) is 28.0 Å². The molecule has 0 aliphatic rings. The van der Waals surface area contributed by atoms with Gasteiger partial charge in [-0.25, -0.2) is 4.79 Å². The molecule has 2 aromatic carbocycles. The van der Waals surface area contributed by atoms with Gasteiger partial charge in [-0.1, -0.05) is 23.5 Å². The number of fused-ring (bicyclic) bond motifs is 1. The maximum absolute atomic E-state index is 12.6. The first-order valence-electron chi connectivity index (χ1n) is 8.19. The molecule has 0 spiro atoms. The number of aromatic nitrogens is 1. The molecule has 3 aromatic rings. The molecule has 7 heteroatoms. The number of nitrogens with zero attached hydrogens (tertiary/aromatic N) is 2. The predicted octanol–water partition coefficient (Wildman–Crippen LogP) is 4.40. The molecule has 0 saturated carbocycles. The van der Waals surface area contributed by atoms with Crippen molar-refractivity contribution in [3.8, 4) is 0 Å². The molecule has 1 amide bonds. The molecule has 0 radical (unpaired) electrons. The van der Waals surface area contributed by atoms with Crippen LogP contribution in [0.15, 0.2) is 51.9 Å². The Morgan fingerprint density at radius 1 is 1.19 bits per heavy atom. The van der Waals surface area contributed by atoms with Crippen LogP contribution in [0.3, 0.4) is 0 Å². The normalized spacial score (nSPS) is 11.7. The number of ether oxygens (including phenoxy) is 1. The first kappa shape index (κ1) is 18.5. The monoisotopic (exact) mass is 432 g/mol. The molecule has 0 fully saturated rings. The Bertz CT molecular complexity index is 1050. The summed E-state index contributed by atoms with van der Waals surface area (Å²) in [6, 6.07) is 12.6. The van der Waals surface area contributed by atoms with E-state index in [9.17, 15) is 9.59 Å². The Balaban J connectivity index is 2.09. The molecule has 1 aromatic heterocycles. The zero-order chi connectivity index (χ0) is 18.7. The highest BCUT2D eigenvalue weighted by Crippen LogP contribution is 2.21. The van der Waals surface area contributed by atoms with Gasteiger partial charge in [0, 0.05) is 11.0 Å². The number of rotatable bonds is 4. The van der Waals surface area contributed by atoms with Gasteiger partial charge in [-0.15, -0.1) is 0 Å². The number of carbonyl (C=O) groups excluding carboxylic acids is 2. The van der Waals surface area contributed by atoms with E-state index in [2.05, 4.69) is 20.9 Å². The van der Waals surface area contributed by atoms with Crippen LogP contribution in [-0.2, 0) is 11.3 Å². The smallest absolute Gasteiger partial charge is 0.338 e. The van der Waals surface area contributed by atoms with Gasteiger partial charge in [-0.05, 0) is 60.1 Å². The molecule has 134 valence electrons. The van der Waals surface area contributed by atoms with Crippen molar-refractivity contribution in [3.05, 3.63) is 62.9 Å². The lowest BCUT2D eigenvalue weighted by atomic mass is 10.2. The summed E-state index contributed by atoms with van der Waals surface area (Å²) in [7, 11) is 0. The van der Waals surface area contributed by atoms with Gasteiger partial charge in [-0.2, -0.15) is 4.99 Å². The van der Waals surface area contributed by atoms with E-state index in [4.69, 9.17) is 4.74 Å². The van der Waals surface area contributed by atoms with Crippen molar-refractivity contribution in [2.45, 2.75) is 20.4 Å². The van der Waals surface area contributed by atoms with E-state index in [0.29, 0.717) is 33.6 Å². The van der Waals surface area contributed by atoms with Crippen molar-refractivity contribution >= 4 is 49.4 Å². The molecule has 0 atom stereocenters. The van der Waals surface area contributed by atoms with Crippen molar-refractivity contribution in [2.75, 3.05) is 6.61 Å². The number of hydrogen-bond donors (Lipinski definition) is 0. The van der Waals surface area contributed by atoms with Crippen LogP contribution < -0.4 is 4.80 Å². The fraction of sp³-hybridized carbons (Fsp3) is 0.211. The minimum absolute atomic E-state index is 0.308. The number of esters is 1. The van der Waals surface area contributed by atoms with Crippen LogP contribution in [0.25, 0.3) is 10.2 Å². The molecular formula is C19H17BrN2O3S. The van der Waals surface area contributed by atoms with Crippen molar-refractivity contribution < 1.29 is 14.3 Å². The second-order valence-corrected chi connectivity index (χ2v) is 7.29. The summed E-state index contributed by atoms with van der Waals surface area (Å²) in [5.41, 5.74) is 1.94. The summed E-state index contributed by atoms with van der Waals surface area (Å²) in [6.07, 6.45) is 0. The summed E-state index contributed by atoms with van der Waals surface area (Å²) < 4.78 is 8.61. The Hall–Kier alpha value is -2.25. The molecule has 1 heterocycles. The fourth-order valence-electron chi connectivity index (χ4n) is 2.59. The molecule has 0 aliphatic carbocycles. The van der Waals surface area contributed by atoms with Crippen LogP contribution in [0.1, 0.15) is 34.6 Å². The van der Waals surface area contributed by atoms with E-state index in [0.717, 1.165) is 10.2 Å². The maximum atomic E-state index is 12.6. The third kappa shape index (κ3) is 3.64. The van der Waals surface area contributed by atoms with Gasteiger partial charge in [0.1, 0.15) is 0 Å². The topological polar surface area (TPSA) is 60.7 Å². The zero-order valence-electron chi connectivity index (χ0n) is 14.4. The minimum Gasteiger partial charge on any atom is -0.462 e. The first-order valence-corrected chi connectivity index (χ1v) is 9.80. The van der Waals surface area contributed by atoms with Crippen LogP contribution in [-0.4, -0.2) is 23.1 Å². The van der Waals surface area contributed by atoms with E-state index in [1.54, 1.807) is 31.2 Å². The fourth-order valence-corrected chi connectivity index (χ4v) is 4.17. The average molecular weight is 433 g/mol. The Kier molecular flexibility index (Phi) is 5.68. The second kappa shape index (κ2) is 7.97. The van der Waals surface area contributed by atoms with Crippen LogP contribution >= 0.6 is 27.3 Å². The molecular weight excluding hydrogens is 416 g/mol. The largest absolute Gasteiger partial charge is 0.462 e. The Labute approximate surface area is 163 Å². The SMILES string of the molecule is CCOC(=O)c1ccc2c(c1)sc(=NC(=O)c1ccccc1Br)n2CC. The summed E-state index contributed by atoms with van der Waals surface area (Å²) in [6.45, 7) is 4.77. The van der Waals surface area contributed by atoms with Crippen LogP contribution in [0.4, 0.5) is 0 Å². The summed E-state index contributed by atoms with van der Waals surface area (Å²) in [4.78, 5) is 29.4. The quantitative estimate of drug-likeness (QED) is 0.573. The van der Waals surface area contributed by atoms with E-state index in [-0.39, 0.29) is 11.9 Å². The molecule has 0 saturated heterocycles. The van der Waals surface area contributed by atoms with Crippen molar-refractivity contribution in [3.63, 3.8) is 0 Å². The number of amides is 1. The van der Waals surface area contributed by atoms with Gasteiger partial charge in [-0.3, -0.25) is 4.79 Å². The van der Waals surface area contributed by atoms with E-state index < -0.39 is 0 Å². The molecule has 5 nitrogen and oxygen atoms in total. The Morgan fingerprint density at radius 3 is 2.65 bits per heavy atom. The summed E-state index contributed by atoms with van der Waals surface area (Å²) in [5, 5.41) is 0. The highest BCUT2D eigenvalue weighted by Gasteiger charge is 2.13. The number of carbonyl (C=O) groups is 2. The number of aryl methyl sites for hydroxylation is 1. The highest BCUT2D eigenvalue weighted by atomic mass is 79.9. The zero-order valence-corrected chi connectivity index (χ0v) is 16.8. The van der Waals surface area contributed by atoms with E-state index >= 15 is 0 Å². The highest BCUT2D eigenvalue weighted by molar-refractivity contribution is 9.10. The molecule has 0 bridgehead atoms. The minimum atomic E-state index is -0.353. The van der Waals surface area contributed by atoms with Crippen molar-refractivity contribution in [1.29, 1.82) is 0 Å². The van der Waals surface area contributed by atoms with E-state index in [1.807, 2.05) is 29.7 Å². The molecule has 3 rings (SSSR count). The maximum Gasteiger partial charge on any atom is 0.338 e. The third-order valence-corrected chi connectivity index (χ3v) is 5.54. The lowest BCUT2D eigenvalue weighted by molar-refractivity contribution is 0.0526. The predicted molar refractivity (Wildman–Crippen MR) is 105 cm³/mol. The van der Waals surface area contributed by atoms with Crippen LogP contribution in [0, 0.1) is 0 Å². The van der Waals surface area contributed by atoms with Crippen molar-refractivity contribution in [2.24, 2.45) is 4.99 Å². The van der Waals surface area contributed by atoms with Gasteiger partial charge in [0.2, 0.25) is 0 Å². The van der Waals surface area contributed by atoms with Gasteiger partial charge in [0.15, 0.2) is 4.80 Å². The lowest BCUT2D eigenvalue weighted by Gasteiger charge is -2.03. The molecule has 0 N–H and O–H groups in total. The summed E-state index contributed by atoms with van der Waals surface area (Å²) >= 11 is 4.76. The number of hydrogen-bond acceptors (Lipinski definition) is 4. The Morgan fingerprint density at radius 2 is 1.96 bits per heavy atom. The standard InChI is InChI=1S/C19H17BrN2O3S/c1-3-22-15-10-9-12(18(24)25-4-2)11-16(15)26-19(22)21-17(23)13-7-5-6-8-14(13)20/h5-11H,3-4H2,1-2H3. The molecule has 0 unspecified atom stereocenters. The van der Waals surface area contributed by atoms with Crippen LogP contribution in [0.2, 0.25) is 0 Å². The van der Waals surface area contributed by atoms with Gasteiger partial charge >= 0.3 is 5.97 Å². The van der Waals surface area contributed by atoms with Crippen LogP contribution in [0.5, 0.6) is 0 Å². The number of halogens is 1. The molecule has 26 heavy (non-hydrogen) atoms. The average Bonchev–Trinajstić information content (AvgIpc) is 2.98. The number of thiazole rings is 1. The van der Waals surface area contributed by atoms with Crippen molar-refractivity contribution in [1.82, 2.24) is 4.57 Å². The van der Waals surface area contributed by atoms with Gasteiger partial charge in [0.25, 0.3) is 5.91 Å². The first-order chi connectivity index (χ1) is 12.5. The lowest BCUT2D eigenvalue weighted by Crippen LogP contribution is -2.16. The third-order valence-electron chi connectivity index (χ3n) is 3.81. The molecule has 0 aliphatic heterocycles. The number of benzene rings is 2. The van der Waals surface area contributed by atoms with Gasteiger partial charge < -0.3 is 9.30 Å². The van der Waals surface area contributed by atoms with E-state index in [1.165, 1.54) is 11.3 Å². The summed E-state index contributed by atoms with van der Waals surface area (Å²) in [5.74, 6) is -0.662. The second-order valence-electron chi connectivity index (χ2n) is 5.43.